The second-order valence-corrected chi connectivity index (χ2v) is 9.77. The van der Waals surface area contributed by atoms with E-state index in [4.69, 9.17) is 0 Å². The maximum Gasteiger partial charge on any atom is 0.186 e. The topological polar surface area (TPSA) is 66.3 Å². The first kappa shape index (κ1) is 22.4. The normalized spacial score (nSPS) is 15.3. The smallest absolute Gasteiger partial charge is 0.186 e. The van der Waals surface area contributed by atoms with Crippen LogP contribution in [0.15, 0.2) is 78.3 Å². The Labute approximate surface area is 203 Å². The van der Waals surface area contributed by atoms with Crippen molar-refractivity contribution >= 4 is 22.9 Å². The lowest BCUT2D eigenvalue weighted by molar-refractivity contribution is 0.0116. The number of aliphatic hydroxyl groups is 1. The number of piperidine rings is 1. The van der Waals surface area contributed by atoms with Crippen molar-refractivity contribution in [2.24, 2.45) is 0 Å². The summed E-state index contributed by atoms with van der Waals surface area (Å²) < 4.78 is 0. The molecule has 0 saturated carbocycles. The van der Waals surface area contributed by atoms with E-state index in [9.17, 15) is 9.90 Å². The molecule has 4 aromatic rings. The van der Waals surface area contributed by atoms with E-state index in [2.05, 4.69) is 33.9 Å². The first-order chi connectivity index (χ1) is 16.5. The van der Waals surface area contributed by atoms with Crippen molar-refractivity contribution in [2.75, 3.05) is 18.0 Å². The molecular formula is C28H27N3O2S. The van der Waals surface area contributed by atoms with Crippen molar-refractivity contribution < 1.29 is 9.90 Å². The molecule has 0 atom stereocenters. The molecule has 34 heavy (non-hydrogen) atoms. The molecule has 1 N–H and O–H groups in total. The number of pyridine rings is 1. The van der Waals surface area contributed by atoms with Crippen LogP contribution in [0.1, 0.15) is 40.0 Å². The highest BCUT2D eigenvalue weighted by Gasteiger charge is 2.34. The quantitative estimate of drug-likeness (QED) is 0.382. The van der Waals surface area contributed by atoms with Crippen LogP contribution >= 0.6 is 11.3 Å². The van der Waals surface area contributed by atoms with E-state index in [1.807, 2.05) is 60.0 Å². The Morgan fingerprint density at radius 2 is 1.76 bits per heavy atom. The Morgan fingerprint density at radius 3 is 2.44 bits per heavy atom. The van der Waals surface area contributed by atoms with Gasteiger partial charge in [-0.15, -0.1) is 11.3 Å². The van der Waals surface area contributed by atoms with Gasteiger partial charge in [0.1, 0.15) is 16.5 Å². The fourth-order valence-electron chi connectivity index (χ4n) is 4.36. The molecule has 0 bridgehead atoms. The van der Waals surface area contributed by atoms with E-state index < -0.39 is 5.60 Å². The maximum absolute atomic E-state index is 12.8. The summed E-state index contributed by atoms with van der Waals surface area (Å²) in [5, 5.41) is 13.7. The highest BCUT2D eigenvalue weighted by molar-refractivity contribution is 7.13. The van der Waals surface area contributed by atoms with E-state index in [0.29, 0.717) is 18.5 Å². The Balaban J connectivity index is 1.20. The summed E-state index contributed by atoms with van der Waals surface area (Å²) in [6.07, 6.45) is 3.37. The number of anilines is 1. The number of ketones is 1. The Bertz CT molecular complexity index is 1260. The lowest BCUT2D eigenvalue weighted by Crippen LogP contribution is -2.42. The minimum atomic E-state index is -0.783. The van der Waals surface area contributed by atoms with E-state index in [1.54, 1.807) is 6.20 Å². The number of rotatable bonds is 6. The predicted molar refractivity (Wildman–Crippen MR) is 136 cm³/mol. The van der Waals surface area contributed by atoms with E-state index in [0.717, 1.165) is 40.6 Å². The van der Waals surface area contributed by atoms with Crippen LogP contribution in [-0.2, 0) is 12.0 Å². The van der Waals surface area contributed by atoms with Gasteiger partial charge in [-0.2, -0.15) is 0 Å². The average molecular weight is 470 g/mol. The van der Waals surface area contributed by atoms with Crippen LogP contribution in [-0.4, -0.2) is 33.9 Å². The highest BCUT2D eigenvalue weighted by atomic mass is 32.1. The third-order valence-electron chi connectivity index (χ3n) is 6.49. The summed E-state index contributed by atoms with van der Waals surface area (Å²) in [4.78, 5) is 24.1. The first-order valence-corrected chi connectivity index (χ1v) is 12.4. The van der Waals surface area contributed by atoms with Gasteiger partial charge >= 0.3 is 0 Å². The van der Waals surface area contributed by atoms with Crippen molar-refractivity contribution in [1.29, 1.82) is 0 Å². The molecule has 3 heterocycles. The van der Waals surface area contributed by atoms with Crippen molar-refractivity contribution in [3.8, 4) is 10.6 Å². The number of hydrogen-bond donors (Lipinski definition) is 1. The SMILES string of the molecule is Cc1ccc(-c2nc(C(=O)Cc3ccc(N4CCC(O)(c5ccccc5)CC4)nc3)cs2)cc1. The molecule has 1 fully saturated rings. The zero-order chi connectivity index (χ0) is 23.5. The molecule has 5 nitrogen and oxygen atoms in total. The number of thiazole rings is 1. The number of benzene rings is 2. The van der Waals surface area contributed by atoms with Crippen LogP contribution < -0.4 is 4.90 Å². The highest BCUT2D eigenvalue weighted by Crippen LogP contribution is 2.34. The number of aryl methyl sites for hydroxylation is 1. The number of carbonyl (C=O) groups is 1. The van der Waals surface area contributed by atoms with E-state index in [1.165, 1.54) is 16.9 Å². The van der Waals surface area contributed by atoms with E-state index in [-0.39, 0.29) is 12.2 Å². The number of Topliss-reactive ketones (excluding diaryl/α,β-unsaturated/α-hetero) is 1. The van der Waals surface area contributed by atoms with E-state index >= 15 is 0 Å². The Kier molecular flexibility index (Phi) is 6.26. The number of aromatic nitrogens is 2. The van der Waals surface area contributed by atoms with Crippen molar-refractivity contribution in [2.45, 2.75) is 31.8 Å². The van der Waals surface area contributed by atoms with Crippen LogP contribution in [0.4, 0.5) is 5.82 Å². The number of nitrogens with zero attached hydrogens (tertiary/aromatic N) is 3. The zero-order valence-electron chi connectivity index (χ0n) is 19.1. The molecule has 172 valence electrons. The van der Waals surface area contributed by atoms with Gasteiger partial charge in [0.25, 0.3) is 0 Å². The standard InChI is InChI=1S/C28H27N3O2S/c1-20-7-10-22(11-8-20)27-30-24(19-34-27)25(32)17-21-9-12-26(29-18-21)31-15-13-28(33,14-16-31)23-5-3-2-4-6-23/h2-12,18-19,33H,13-17H2,1H3. The monoisotopic (exact) mass is 469 g/mol. The second kappa shape index (κ2) is 9.49. The van der Waals surface area contributed by atoms with Gasteiger partial charge in [0.05, 0.1) is 5.60 Å². The van der Waals surface area contributed by atoms with Crippen LogP contribution in [0.25, 0.3) is 10.6 Å². The van der Waals surface area contributed by atoms with Gasteiger partial charge in [-0.3, -0.25) is 4.79 Å². The molecule has 1 aliphatic rings. The summed E-state index contributed by atoms with van der Waals surface area (Å²) in [5.74, 6) is 0.872. The second-order valence-electron chi connectivity index (χ2n) is 8.91. The molecule has 0 radical (unpaired) electrons. The van der Waals surface area contributed by atoms with Crippen LogP contribution in [0.2, 0.25) is 0 Å². The minimum Gasteiger partial charge on any atom is -0.385 e. The summed E-state index contributed by atoms with van der Waals surface area (Å²) in [6.45, 7) is 3.52. The molecule has 0 amide bonds. The van der Waals surface area contributed by atoms with Gasteiger partial charge in [-0.05, 0) is 37.0 Å². The molecule has 2 aromatic carbocycles. The van der Waals surface area contributed by atoms with Crippen molar-refractivity contribution in [3.05, 3.63) is 101 Å². The summed E-state index contributed by atoms with van der Waals surface area (Å²) in [5.41, 5.74) is 3.79. The van der Waals surface area contributed by atoms with Crippen molar-refractivity contribution in [1.82, 2.24) is 9.97 Å². The molecule has 1 saturated heterocycles. The van der Waals surface area contributed by atoms with Crippen LogP contribution in [0.5, 0.6) is 0 Å². The Hall–Kier alpha value is -3.35. The zero-order valence-corrected chi connectivity index (χ0v) is 20.0. The molecule has 6 heteroatoms. The van der Waals surface area contributed by atoms with Gasteiger partial charge in [-0.1, -0.05) is 66.2 Å². The molecule has 5 rings (SSSR count). The third kappa shape index (κ3) is 4.79. The van der Waals surface area contributed by atoms with Gasteiger partial charge in [0, 0.05) is 36.7 Å². The number of hydrogen-bond acceptors (Lipinski definition) is 6. The third-order valence-corrected chi connectivity index (χ3v) is 7.38. The summed E-state index contributed by atoms with van der Waals surface area (Å²) in [6, 6.07) is 22.0. The minimum absolute atomic E-state index is 0.00457. The predicted octanol–water partition coefficient (Wildman–Crippen LogP) is 5.43. The largest absolute Gasteiger partial charge is 0.385 e. The molecule has 0 aliphatic carbocycles. The average Bonchev–Trinajstić information content (AvgIpc) is 3.37. The van der Waals surface area contributed by atoms with Crippen molar-refractivity contribution in [3.63, 3.8) is 0 Å². The lowest BCUT2D eigenvalue weighted by atomic mass is 9.84. The summed E-state index contributed by atoms with van der Waals surface area (Å²) >= 11 is 1.49. The molecular weight excluding hydrogens is 442 g/mol. The lowest BCUT2D eigenvalue weighted by Gasteiger charge is -2.39. The molecule has 0 unspecified atom stereocenters. The summed E-state index contributed by atoms with van der Waals surface area (Å²) in [7, 11) is 0. The molecule has 0 spiro atoms. The fourth-order valence-corrected chi connectivity index (χ4v) is 5.19. The van der Waals surface area contributed by atoms with Crippen LogP contribution in [0.3, 0.4) is 0 Å². The van der Waals surface area contributed by atoms with Gasteiger partial charge in [0.15, 0.2) is 5.78 Å². The van der Waals surface area contributed by atoms with Gasteiger partial charge in [-0.25, -0.2) is 9.97 Å². The van der Waals surface area contributed by atoms with Gasteiger partial charge < -0.3 is 10.0 Å². The fraction of sp³-hybridized carbons (Fsp3) is 0.250. The van der Waals surface area contributed by atoms with Crippen LogP contribution in [0, 0.1) is 6.92 Å². The molecule has 2 aromatic heterocycles. The van der Waals surface area contributed by atoms with Gasteiger partial charge in [0.2, 0.25) is 0 Å². The first-order valence-electron chi connectivity index (χ1n) is 11.5. The Morgan fingerprint density at radius 1 is 1.03 bits per heavy atom. The number of carbonyl (C=O) groups excluding carboxylic acids is 1. The molecule has 1 aliphatic heterocycles. The maximum atomic E-state index is 12.8.